The number of benzene rings is 2. The van der Waals surface area contributed by atoms with Crippen molar-refractivity contribution in [1.29, 1.82) is 0 Å². The Morgan fingerprint density at radius 1 is 0.920 bits per heavy atom. The molecular formula is C22H21NO2. The van der Waals surface area contributed by atoms with Crippen molar-refractivity contribution in [1.82, 2.24) is 4.90 Å². The lowest BCUT2D eigenvalue weighted by molar-refractivity contribution is -0.132. The fourth-order valence-corrected chi connectivity index (χ4v) is 3.37. The van der Waals surface area contributed by atoms with Crippen LogP contribution >= 0.6 is 0 Å². The van der Waals surface area contributed by atoms with Gasteiger partial charge >= 0.3 is 0 Å². The van der Waals surface area contributed by atoms with E-state index < -0.39 is 0 Å². The average molecular weight is 331 g/mol. The van der Waals surface area contributed by atoms with E-state index in [1.807, 2.05) is 53.4 Å². The summed E-state index contributed by atoms with van der Waals surface area (Å²) in [5.41, 5.74) is 3.70. The van der Waals surface area contributed by atoms with E-state index in [4.69, 9.17) is 4.42 Å². The van der Waals surface area contributed by atoms with Crippen molar-refractivity contribution < 1.29 is 9.21 Å². The summed E-state index contributed by atoms with van der Waals surface area (Å²) in [4.78, 5) is 14.5. The van der Waals surface area contributed by atoms with Gasteiger partial charge in [-0.3, -0.25) is 4.79 Å². The van der Waals surface area contributed by atoms with Gasteiger partial charge in [0.15, 0.2) is 0 Å². The number of aryl methyl sites for hydroxylation is 1. The van der Waals surface area contributed by atoms with Crippen LogP contribution in [0.2, 0.25) is 0 Å². The van der Waals surface area contributed by atoms with Gasteiger partial charge in [0.1, 0.15) is 11.5 Å². The molecule has 3 heteroatoms. The molecule has 25 heavy (non-hydrogen) atoms. The maximum Gasteiger partial charge on any atom is 0.223 e. The first-order chi connectivity index (χ1) is 12.3. The molecule has 0 fully saturated rings. The van der Waals surface area contributed by atoms with E-state index in [0.717, 1.165) is 36.6 Å². The quantitative estimate of drug-likeness (QED) is 0.707. The Kier molecular flexibility index (Phi) is 4.38. The summed E-state index contributed by atoms with van der Waals surface area (Å²) < 4.78 is 5.89. The normalized spacial score (nSPS) is 13.5. The van der Waals surface area contributed by atoms with Crippen LogP contribution in [0.4, 0.5) is 0 Å². The van der Waals surface area contributed by atoms with Crippen molar-refractivity contribution >= 4 is 5.91 Å². The number of hydrogen-bond acceptors (Lipinski definition) is 2. The van der Waals surface area contributed by atoms with Crippen molar-refractivity contribution in [3.8, 4) is 11.3 Å². The smallest absolute Gasteiger partial charge is 0.223 e. The average Bonchev–Trinajstić information content (AvgIpc) is 3.15. The summed E-state index contributed by atoms with van der Waals surface area (Å²) in [5, 5.41) is 0. The fraction of sp³-hybridized carbons (Fsp3) is 0.227. The summed E-state index contributed by atoms with van der Waals surface area (Å²) in [5.74, 6) is 1.92. The molecule has 126 valence electrons. The highest BCUT2D eigenvalue weighted by Gasteiger charge is 2.20. The highest BCUT2D eigenvalue weighted by Crippen LogP contribution is 2.23. The molecular weight excluding hydrogens is 310 g/mol. The van der Waals surface area contributed by atoms with Crippen LogP contribution in [0.1, 0.15) is 23.3 Å². The second-order valence-electron chi connectivity index (χ2n) is 6.47. The zero-order valence-corrected chi connectivity index (χ0v) is 14.2. The molecule has 0 unspecified atom stereocenters. The monoisotopic (exact) mass is 331 g/mol. The number of carbonyl (C=O) groups excluding carboxylic acids is 1. The summed E-state index contributed by atoms with van der Waals surface area (Å²) in [6.07, 6.45) is 2.08. The molecule has 3 aromatic rings. The highest BCUT2D eigenvalue weighted by molar-refractivity contribution is 5.76. The number of carbonyl (C=O) groups is 1. The van der Waals surface area contributed by atoms with Crippen molar-refractivity contribution in [2.45, 2.75) is 25.8 Å². The molecule has 1 aromatic heterocycles. The number of rotatable bonds is 4. The van der Waals surface area contributed by atoms with Crippen LogP contribution in [-0.2, 0) is 24.2 Å². The second-order valence-corrected chi connectivity index (χ2v) is 6.47. The summed E-state index contributed by atoms with van der Waals surface area (Å²) in [6.45, 7) is 1.53. The van der Waals surface area contributed by atoms with Crippen LogP contribution in [0.25, 0.3) is 11.3 Å². The molecule has 0 radical (unpaired) electrons. The Hall–Kier alpha value is -2.81. The summed E-state index contributed by atoms with van der Waals surface area (Å²) in [7, 11) is 0. The maximum absolute atomic E-state index is 12.5. The van der Waals surface area contributed by atoms with E-state index in [1.165, 1.54) is 11.1 Å². The molecule has 0 N–H and O–H groups in total. The van der Waals surface area contributed by atoms with E-state index in [-0.39, 0.29) is 5.91 Å². The van der Waals surface area contributed by atoms with Gasteiger partial charge < -0.3 is 9.32 Å². The summed E-state index contributed by atoms with van der Waals surface area (Å²) in [6, 6.07) is 22.4. The topological polar surface area (TPSA) is 33.5 Å². The van der Waals surface area contributed by atoms with E-state index in [2.05, 4.69) is 18.2 Å². The van der Waals surface area contributed by atoms with Gasteiger partial charge in [-0.25, -0.2) is 0 Å². The van der Waals surface area contributed by atoms with E-state index in [1.54, 1.807) is 0 Å². The van der Waals surface area contributed by atoms with Gasteiger partial charge in [0.2, 0.25) is 5.91 Å². The molecule has 1 aliphatic heterocycles. The van der Waals surface area contributed by atoms with Crippen LogP contribution in [0.3, 0.4) is 0 Å². The Balaban J connectivity index is 1.36. The van der Waals surface area contributed by atoms with Crippen LogP contribution in [0.5, 0.6) is 0 Å². The molecule has 1 aliphatic rings. The predicted octanol–water partition coefficient (Wildman–Crippen LogP) is 4.46. The minimum absolute atomic E-state index is 0.201. The van der Waals surface area contributed by atoms with Crippen LogP contribution in [-0.4, -0.2) is 17.4 Å². The molecule has 0 aliphatic carbocycles. The van der Waals surface area contributed by atoms with Crippen molar-refractivity contribution in [2.75, 3.05) is 6.54 Å². The van der Waals surface area contributed by atoms with E-state index in [9.17, 15) is 4.79 Å². The lowest BCUT2D eigenvalue weighted by Gasteiger charge is -2.28. The Bertz CT molecular complexity index is 866. The SMILES string of the molecule is O=C(CCc1ccc(-c2ccccc2)o1)N1CCc2ccccc2C1. The van der Waals surface area contributed by atoms with Gasteiger partial charge in [0, 0.05) is 31.5 Å². The standard InChI is InChI=1S/C22H21NO2/c24-22(23-15-14-17-6-4-5-9-19(17)16-23)13-11-20-10-12-21(25-20)18-7-2-1-3-8-18/h1-10,12H,11,13-16H2. The van der Waals surface area contributed by atoms with Gasteiger partial charge in [-0.1, -0.05) is 54.6 Å². The molecule has 0 saturated heterocycles. The third-order valence-electron chi connectivity index (χ3n) is 4.79. The van der Waals surface area contributed by atoms with Gasteiger partial charge in [-0.2, -0.15) is 0 Å². The van der Waals surface area contributed by atoms with Crippen molar-refractivity contribution in [3.05, 3.63) is 83.6 Å². The predicted molar refractivity (Wildman–Crippen MR) is 98.0 cm³/mol. The van der Waals surface area contributed by atoms with Gasteiger partial charge in [-0.15, -0.1) is 0 Å². The van der Waals surface area contributed by atoms with Crippen molar-refractivity contribution in [2.24, 2.45) is 0 Å². The molecule has 0 bridgehead atoms. The third-order valence-corrected chi connectivity index (χ3v) is 4.79. The zero-order chi connectivity index (χ0) is 17.1. The zero-order valence-electron chi connectivity index (χ0n) is 14.2. The van der Waals surface area contributed by atoms with Crippen LogP contribution < -0.4 is 0 Å². The van der Waals surface area contributed by atoms with Gasteiger partial charge in [0.05, 0.1) is 0 Å². The Morgan fingerprint density at radius 3 is 2.52 bits per heavy atom. The molecule has 2 heterocycles. The molecule has 0 atom stereocenters. The highest BCUT2D eigenvalue weighted by atomic mass is 16.3. The van der Waals surface area contributed by atoms with Crippen LogP contribution in [0.15, 0.2) is 71.1 Å². The molecule has 4 rings (SSSR count). The van der Waals surface area contributed by atoms with E-state index in [0.29, 0.717) is 12.8 Å². The minimum atomic E-state index is 0.201. The van der Waals surface area contributed by atoms with Crippen molar-refractivity contribution in [3.63, 3.8) is 0 Å². The molecule has 0 saturated carbocycles. The maximum atomic E-state index is 12.5. The Morgan fingerprint density at radius 2 is 1.68 bits per heavy atom. The largest absolute Gasteiger partial charge is 0.461 e. The summed E-state index contributed by atoms with van der Waals surface area (Å²) >= 11 is 0. The number of nitrogens with zero attached hydrogens (tertiary/aromatic N) is 1. The van der Waals surface area contributed by atoms with Gasteiger partial charge in [0.25, 0.3) is 0 Å². The number of furan rings is 1. The minimum Gasteiger partial charge on any atom is -0.461 e. The Labute approximate surface area is 147 Å². The fourth-order valence-electron chi connectivity index (χ4n) is 3.37. The lowest BCUT2D eigenvalue weighted by Crippen LogP contribution is -2.36. The van der Waals surface area contributed by atoms with E-state index >= 15 is 0 Å². The van der Waals surface area contributed by atoms with Gasteiger partial charge in [-0.05, 0) is 29.7 Å². The molecule has 3 nitrogen and oxygen atoms in total. The second kappa shape index (κ2) is 6.98. The molecule has 1 amide bonds. The number of hydrogen-bond donors (Lipinski definition) is 0. The van der Waals surface area contributed by atoms with Crippen LogP contribution in [0, 0.1) is 0 Å². The first-order valence-corrected chi connectivity index (χ1v) is 8.78. The number of amides is 1. The first-order valence-electron chi connectivity index (χ1n) is 8.78. The first kappa shape index (κ1) is 15.7. The lowest BCUT2D eigenvalue weighted by atomic mass is 9.99. The third kappa shape index (κ3) is 3.50. The molecule has 2 aromatic carbocycles. The number of fused-ring (bicyclic) bond motifs is 1. The molecule has 0 spiro atoms.